The number of anilines is 1. The van der Waals surface area contributed by atoms with E-state index in [1.165, 1.54) is 12.1 Å². The van der Waals surface area contributed by atoms with E-state index in [9.17, 15) is 8.42 Å². The molecule has 0 aromatic heterocycles. The third-order valence-corrected chi connectivity index (χ3v) is 3.82. The topological polar surface area (TPSA) is 84.2 Å². The average molecular weight is 255 g/mol. The van der Waals surface area contributed by atoms with Gasteiger partial charge in [-0.1, -0.05) is 0 Å². The Bertz CT molecular complexity index is 464. The van der Waals surface area contributed by atoms with E-state index in [0.717, 1.165) is 31.6 Å². The normalized spacial score (nSPS) is 17.9. The molecule has 6 heteroatoms. The second-order valence-corrected chi connectivity index (χ2v) is 5.80. The fourth-order valence-corrected chi connectivity index (χ4v) is 2.46. The molecule has 0 atom stereocenters. The lowest BCUT2D eigenvalue weighted by Crippen LogP contribution is -2.35. The second kappa shape index (κ2) is 5.03. The maximum Gasteiger partial charge on any atom is 0.238 e. The van der Waals surface area contributed by atoms with Crippen LogP contribution in [-0.4, -0.2) is 27.5 Å². The standard InChI is InChI=1S/C11H17N3O2S/c12-17(15,16)11-3-1-9(2-4-11)14-10-5-7-13-8-6-10/h1-4,10,13-14H,5-8H2,(H2,12,15,16). The van der Waals surface area contributed by atoms with Crippen molar-refractivity contribution in [3.05, 3.63) is 24.3 Å². The quantitative estimate of drug-likeness (QED) is 0.734. The Morgan fingerprint density at radius 1 is 1.18 bits per heavy atom. The number of benzene rings is 1. The monoisotopic (exact) mass is 255 g/mol. The molecule has 4 N–H and O–H groups in total. The van der Waals surface area contributed by atoms with E-state index in [1.807, 2.05) is 0 Å². The van der Waals surface area contributed by atoms with Gasteiger partial charge in [0.25, 0.3) is 0 Å². The van der Waals surface area contributed by atoms with Gasteiger partial charge in [-0.25, -0.2) is 13.6 Å². The number of sulfonamides is 1. The molecule has 0 amide bonds. The summed E-state index contributed by atoms with van der Waals surface area (Å²) in [6, 6.07) is 7.01. The van der Waals surface area contributed by atoms with E-state index in [4.69, 9.17) is 5.14 Å². The van der Waals surface area contributed by atoms with Gasteiger partial charge in [0.05, 0.1) is 4.90 Å². The summed E-state index contributed by atoms with van der Waals surface area (Å²) in [6.07, 6.45) is 2.16. The number of hydrogen-bond acceptors (Lipinski definition) is 4. The van der Waals surface area contributed by atoms with Gasteiger partial charge < -0.3 is 10.6 Å². The minimum Gasteiger partial charge on any atom is -0.382 e. The Labute approximate surface area is 101 Å². The van der Waals surface area contributed by atoms with E-state index < -0.39 is 10.0 Å². The van der Waals surface area contributed by atoms with Crippen LogP contribution in [0.15, 0.2) is 29.2 Å². The molecule has 0 bridgehead atoms. The van der Waals surface area contributed by atoms with Crippen molar-refractivity contribution in [2.75, 3.05) is 18.4 Å². The van der Waals surface area contributed by atoms with Crippen molar-refractivity contribution < 1.29 is 8.42 Å². The zero-order chi connectivity index (χ0) is 12.3. The molecule has 94 valence electrons. The molecule has 0 aliphatic carbocycles. The van der Waals surface area contributed by atoms with Crippen LogP contribution in [0.2, 0.25) is 0 Å². The summed E-state index contributed by atoms with van der Waals surface area (Å²) in [5.74, 6) is 0. The molecule has 0 saturated carbocycles. The lowest BCUT2D eigenvalue weighted by molar-refractivity contribution is 0.479. The van der Waals surface area contributed by atoms with E-state index in [-0.39, 0.29) is 4.90 Å². The van der Waals surface area contributed by atoms with Crippen LogP contribution in [0.4, 0.5) is 5.69 Å². The third-order valence-electron chi connectivity index (χ3n) is 2.89. The van der Waals surface area contributed by atoms with E-state index in [1.54, 1.807) is 12.1 Å². The molecule has 0 radical (unpaired) electrons. The minimum atomic E-state index is -3.59. The molecule has 0 spiro atoms. The van der Waals surface area contributed by atoms with Crippen LogP contribution < -0.4 is 15.8 Å². The molecule has 1 aliphatic rings. The van der Waals surface area contributed by atoms with Gasteiger partial charge in [0, 0.05) is 11.7 Å². The molecule has 1 aliphatic heterocycles. The number of nitrogens with one attached hydrogen (secondary N) is 2. The molecule has 1 fully saturated rings. The lowest BCUT2D eigenvalue weighted by Gasteiger charge is -2.24. The highest BCUT2D eigenvalue weighted by molar-refractivity contribution is 7.89. The highest BCUT2D eigenvalue weighted by Gasteiger charge is 2.13. The molecule has 1 saturated heterocycles. The van der Waals surface area contributed by atoms with Gasteiger partial charge in [-0.2, -0.15) is 0 Å². The van der Waals surface area contributed by atoms with Crippen LogP contribution in [-0.2, 0) is 10.0 Å². The van der Waals surface area contributed by atoms with Gasteiger partial charge in [-0.05, 0) is 50.2 Å². The van der Waals surface area contributed by atoms with E-state index in [0.29, 0.717) is 6.04 Å². The minimum absolute atomic E-state index is 0.147. The Balaban J connectivity index is 2.03. The molecule has 1 heterocycles. The number of piperidine rings is 1. The summed E-state index contributed by atoms with van der Waals surface area (Å²) in [4.78, 5) is 0.147. The predicted octanol–water partition coefficient (Wildman–Crippen LogP) is 0.498. The van der Waals surface area contributed by atoms with Gasteiger partial charge in [0.2, 0.25) is 10.0 Å². The number of hydrogen-bond donors (Lipinski definition) is 3. The van der Waals surface area contributed by atoms with Crippen molar-refractivity contribution in [2.24, 2.45) is 5.14 Å². The van der Waals surface area contributed by atoms with Crippen LogP contribution >= 0.6 is 0 Å². The van der Waals surface area contributed by atoms with Crippen molar-refractivity contribution in [1.29, 1.82) is 0 Å². The Hall–Kier alpha value is -1.11. The maximum absolute atomic E-state index is 11.1. The number of primary sulfonamides is 1. The van der Waals surface area contributed by atoms with Gasteiger partial charge in [-0.15, -0.1) is 0 Å². The summed E-state index contributed by atoms with van der Waals surface area (Å²) < 4.78 is 22.2. The zero-order valence-corrected chi connectivity index (χ0v) is 10.3. The van der Waals surface area contributed by atoms with Crippen LogP contribution in [0, 0.1) is 0 Å². The summed E-state index contributed by atoms with van der Waals surface area (Å²) in [7, 11) is -3.59. The first-order chi connectivity index (χ1) is 8.05. The van der Waals surface area contributed by atoms with Gasteiger partial charge >= 0.3 is 0 Å². The van der Waals surface area contributed by atoms with Crippen molar-refractivity contribution in [2.45, 2.75) is 23.8 Å². The molecular weight excluding hydrogens is 238 g/mol. The first-order valence-corrected chi connectivity index (χ1v) is 7.20. The van der Waals surface area contributed by atoms with Gasteiger partial charge in [0.1, 0.15) is 0 Å². The summed E-state index contributed by atoms with van der Waals surface area (Å²) in [6.45, 7) is 2.04. The van der Waals surface area contributed by atoms with Crippen LogP contribution in [0.1, 0.15) is 12.8 Å². The molecule has 1 aromatic carbocycles. The van der Waals surface area contributed by atoms with Crippen LogP contribution in [0.25, 0.3) is 0 Å². The third kappa shape index (κ3) is 3.42. The molecular formula is C11H17N3O2S. The molecule has 2 rings (SSSR count). The number of rotatable bonds is 3. The van der Waals surface area contributed by atoms with Crippen molar-refractivity contribution in [3.63, 3.8) is 0 Å². The fourth-order valence-electron chi connectivity index (χ4n) is 1.94. The second-order valence-electron chi connectivity index (χ2n) is 4.24. The zero-order valence-electron chi connectivity index (χ0n) is 9.52. The van der Waals surface area contributed by atoms with Crippen LogP contribution in [0.5, 0.6) is 0 Å². The molecule has 5 nitrogen and oxygen atoms in total. The highest BCUT2D eigenvalue weighted by Crippen LogP contribution is 2.16. The lowest BCUT2D eigenvalue weighted by atomic mass is 10.1. The average Bonchev–Trinajstić information content (AvgIpc) is 2.30. The highest BCUT2D eigenvalue weighted by atomic mass is 32.2. The van der Waals surface area contributed by atoms with Crippen LogP contribution in [0.3, 0.4) is 0 Å². The SMILES string of the molecule is NS(=O)(=O)c1ccc(NC2CCNCC2)cc1. The van der Waals surface area contributed by atoms with Gasteiger partial charge in [0.15, 0.2) is 0 Å². The van der Waals surface area contributed by atoms with Gasteiger partial charge in [-0.3, -0.25) is 0 Å². The Morgan fingerprint density at radius 3 is 2.29 bits per heavy atom. The first-order valence-electron chi connectivity index (χ1n) is 5.66. The largest absolute Gasteiger partial charge is 0.382 e. The summed E-state index contributed by atoms with van der Waals surface area (Å²) >= 11 is 0. The summed E-state index contributed by atoms with van der Waals surface area (Å²) in [5, 5.41) is 11.7. The maximum atomic E-state index is 11.1. The smallest absolute Gasteiger partial charge is 0.238 e. The van der Waals surface area contributed by atoms with Crippen molar-refractivity contribution in [3.8, 4) is 0 Å². The molecule has 0 unspecified atom stereocenters. The van der Waals surface area contributed by atoms with E-state index >= 15 is 0 Å². The number of nitrogens with two attached hydrogens (primary N) is 1. The van der Waals surface area contributed by atoms with E-state index in [2.05, 4.69) is 10.6 Å². The van der Waals surface area contributed by atoms with Crippen molar-refractivity contribution in [1.82, 2.24) is 5.32 Å². The fraction of sp³-hybridized carbons (Fsp3) is 0.455. The Morgan fingerprint density at radius 2 is 1.76 bits per heavy atom. The summed E-state index contributed by atoms with van der Waals surface area (Å²) in [5.41, 5.74) is 0.935. The molecule has 17 heavy (non-hydrogen) atoms. The van der Waals surface area contributed by atoms with Crippen molar-refractivity contribution >= 4 is 15.7 Å². The molecule has 1 aromatic rings. The predicted molar refractivity (Wildman–Crippen MR) is 67.3 cm³/mol. The first kappa shape index (κ1) is 12.3. The Kier molecular flexibility index (Phi) is 3.66.